The van der Waals surface area contributed by atoms with Crippen molar-refractivity contribution in [3.63, 3.8) is 0 Å². The SMILES string of the molecule is CC(C)CCN(C1CCOCC1)C1CCN(S(=O)(=O)Cc2ccccc2)CC1. The Balaban J connectivity index is 1.59. The van der Waals surface area contributed by atoms with Gasteiger partial charge in [-0.2, -0.15) is 0 Å². The average Bonchev–Trinajstić information content (AvgIpc) is 2.69. The van der Waals surface area contributed by atoms with Crippen LogP contribution < -0.4 is 0 Å². The Morgan fingerprint density at radius 2 is 1.64 bits per heavy atom. The molecule has 0 N–H and O–H groups in total. The molecule has 1 aromatic carbocycles. The number of hydrogen-bond acceptors (Lipinski definition) is 4. The lowest BCUT2D eigenvalue weighted by atomic mass is 9.97. The summed E-state index contributed by atoms with van der Waals surface area (Å²) < 4.78 is 33.0. The van der Waals surface area contributed by atoms with Crippen LogP contribution in [0.2, 0.25) is 0 Å². The van der Waals surface area contributed by atoms with Crippen LogP contribution in [-0.4, -0.2) is 62.6 Å². The van der Waals surface area contributed by atoms with E-state index < -0.39 is 10.0 Å². The van der Waals surface area contributed by atoms with E-state index >= 15 is 0 Å². The van der Waals surface area contributed by atoms with Gasteiger partial charge in [0.25, 0.3) is 0 Å². The Kier molecular flexibility index (Phi) is 7.92. The van der Waals surface area contributed by atoms with Crippen molar-refractivity contribution >= 4 is 10.0 Å². The quantitative estimate of drug-likeness (QED) is 0.660. The Hall–Kier alpha value is -0.950. The molecule has 2 aliphatic heterocycles. The fraction of sp³-hybridized carbons (Fsp3) is 0.727. The third-order valence-electron chi connectivity index (χ3n) is 6.10. The first kappa shape index (κ1) is 21.8. The van der Waals surface area contributed by atoms with Crippen molar-refractivity contribution in [1.82, 2.24) is 9.21 Å². The molecule has 5 nitrogen and oxygen atoms in total. The summed E-state index contributed by atoms with van der Waals surface area (Å²) in [7, 11) is -3.24. The molecule has 2 saturated heterocycles. The maximum atomic E-state index is 12.8. The summed E-state index contributed by atoms with van der Waals surface area (Å²) >= 11 is 0. The van der Waals surface area contributed by atoms with E-state index in [4.69, 9.17) is 4.74 Å². The first-order valence-corrected chi connectivity index (χ1v) is 12.4. The number of ether oxygens (including phenoxy) is 1. The summed E-state index contributed by atoms with van der Waals surface area (Å²) in [6, 6.07) is 10.6. The molecule has 2 fully saturated rings. The predicted octanol–water partition coefficient (Wildman–Crippen LogP) is 3.51. The number of sulfonamides is 1. The molecule has 0 radical (unpaired) electrons. The molecule has 0 amide bonds. The van der Waals surface area contributed by atoms with E-state index in [1.165, 1.54) is 6.42 Å². The molecular formula is C22H36N2O3S. The number of rotatable bonds is 8. The molecule has 0 saturated carbocycles. The highest BCUT2D eigenvalue weighted by Crippen LogP contribution is 2.26. The summed E-state index contributed by atoms with van der Waals surface area (Å²) in [5.74, 6) is 0.795. The molecule has 0 unspecified atom stereocenters. The van der Waals surface area contributed by atoms with E-state index in [0.29, 0.717) is 31.1 Å². The predicted molar refractivity (Wildman–Crippen MR) is 114 cm³/mol. The number of nitrogens with zero attached hydrogens (tertiary/aromatic N) is 2. The van der Waals surface area contributed by atoms with Gasteiger partial charge in [-0.15, -0.1) is 0 Å². The minimum absolute atomic E-state index is 0.107. The number of benzene rings is 1. The maximum Gasteiger partial charge on any atom is 0.218 e. The van der Waals surface area contributed by atoms with Gasteiger partial charge in [0.15, 0.2) is 0 Å². The van der Waals surface area contributed by atoms with Gasteiger partial charge in [0.2, 0.25) is 10.0 Å². The van der Waals surface area contributed by atoms with Crippen molar-refractivity contribution < 1.29 is 13.2 Å². The van der Waals surface area contributed by atoms with Crippen molar-refractivity contribution in [1.29, 1.82) is 0 Å². The summed E-state index contributed by atoms with van der Waals surface area (Å²) in [4.78, 5) is 2.68. The molecule has 2 aliphatic rings. The fourth-order valence-electron chi connectivity index (χ4n) is 4.42. The third kappa shape index (κ3) is 6.02. The molecular weight excluding hydrogens is 372 g/mol. The van der Waals surface area contributed by atoms with Crippen LogP contribution in [0.25, 0.3) is 0 Å². The maximum absolute atomic E-state index is 12.8. The topological polar surface area (TPSA) is 49.9 Å². The third-order valence-corrected chi connectivity index (χ3v) is 7.95. The van der Waals surface area contributed by atoms with Crippen molar-refractivity contribution in [3.05, 3.63) is 35.9 Å². The molecule has 0 atom stereocenters. The molecule has 1 aromatic rings. The molecule has 0 bridgehead atoms. The zero-order valence-corrected chi connectivity index (χ0v) is 18.2. The van der Waals surface area contributed by atoms with Gasteiger partial charge in [0.05, 0.1) is 5.75 Å². The van der Waals surface area contributed by atoms with Crippen LogP contribution in [0.4, 0.5) is 0 Å². The highest BCUT2D eigenvalue weighted by Gasteiger charge is 2.33. The van der Waals surface area contributed by atoms with E-state index in [0.717, 1.165) is 51.0 Å². The van der Waals surface area contributed by atoms with Crippen LogP contribution in [0.1, 0.15) is 51.5 Å². The van der Waals surface area contributed by atoms with Gasteiger partial charge in [0.1, 0.15) is 0 Å². The fourth-order valence-corrected chi connectivity index (χ4v) is 5.98. The zero-order valence-electron chi connectivity index (χ0n) is 17.4. The van der Waals surface area contributed by atoms with Crippen LogP contribution in [0.5, 0.6) is 0 Å². The van der Waals surface area contributed by atoms with Gasteiger partial charge in [-0.3, -0.25) is 4.90 Å². The van der Waals surface area contributed by atoms with Crippen molar-refractivity contribution in [2.45, 2.75) is 63.8 Å². The van der Waals surface area contributed by atoms with E-state index in [2.05, 4.69) is 18.7 Å². The lowest BCUT2D eigenvalue weighted by Gasteiger charge is -2.43. The summed E-state index contributed by atoms with van der Waals surface area (Å²) in [6.45, 7) is 8.66. The second kappa shape index (κ2) is 10.2. The minimum atomic E-state index is -3.24. The second-order valence-corrected chi connectivity index (χ2v) is 10.6. The Bertz CT molecular complexity index is 679. The van der Waals surface area contributed by atoms with Crippen molar-refractivity contribution in [2.75, 3.05) is 32.8 Å². The van der Waals surface area contributed by atoms with Crippen LogP contribution in [0.3, 0.4) is 0 Å². The molecule has 3 rings (SSSR count). The minimum Gasteiger partial charge on any atom is -0.381 e. The van der Waals surface area contributed by atoms with Crippen LogP contribution in [0, 0.1) is 5.92 Å². The standard InChI is InChI=1S/C22H36N2O3S/c1-19(2)8-15-24(22-11-16-27-17-12-22)21-9-13-23(14-10-21)28(25,26)18-20-6-4-3-5-7-20/h3-7,19,21-22H,8-18H2,1-2H3. The molecule has 6 heteroatoms. The van der Waals surface area contributed by atoms with Crippen molar-refractivity contribution in [2.24, 2.45) is 5.92 Å². The van der Waals surface area contributed by atoms with E-state index in [1.54, 1.807) is 4.31 Å². The average molecular weight is 409 g/mol. The van der Waals surface area contributed by atoms with E-state index in [1.807, 2.05) is 30.3 Å². The lowest BCUT2D eigenvalue weighted by Crippen LogP contribution is -2.52. The van der Waals surface area contributed by atoms with Crippen LogP contribution >= 0.6 is 0 Å². The molecule has 28 heavy (non-hydrogen) atoms. The van der Waals surface area contributed by atoms with Gasteiger partial charge in [-0.05, 0) is 50.1 Å². The van der Waals surface area contributed by atoms with Crippen LogP contribution in [0.15, 0.2) is 30.3 Å². The first-order chi connectivity index (χ1) is 13.5. The lowest BCUT2D eigenvalue weighted by molar-refractivity contribution is 0.00495. The number of piperidine rings is 1. The normalized spacial score (nSPS) is 20.9. The smallest absolute Gasteiger partial charge is 0.218 e. The summed E-state index contributed by atoms with van der Waals surface area (Å²) in [6.07, 6.45) is 5.27. The van der Waals surface area contributed by atoms with E-state index in [9.17, 15) is 8.42 Å². The Morgan fingerprint density at radius 3 is 2.25 bits per heavy atom. The Labute approximate surface area is 171 Å². The Morgan fingerprint density at radius 1 is 1.04 bits per heavy atom. The number of hydrogen-bond donors (Lipinski definition) is 0. The molecule has 0 spiro atoms. The molecule has 0 aliphatic carbocycles. The van der Waals surface area contributed by atoms with Gasteiger partial charge in [-0.1, -0.05) is 44.2 Å². The molecule has 0 aromatic heterocycles. The first-order valence-electron chi connectivity index (χ1n) is 10.8. The van der Waals surface area contributed by atoms with Gasteiger partial charge < -0.3 is 4.74 Å². The monoisotopic (exact) mass is 408 g/mol. The molecule has 158 valence electrons. The highest BCUT2D eigenvalue weighted by molar-refractivity contribution is 7.88. The highest BCUT2D eigenvalue weighted by atomic mass is 32.2. The van der Waals surface area contributed by atoms with Gasteiger partial charge in [-0.25, -0.2) is 12.7 Å². The van der Waals surface area contributed by atoms with Crippen molar-refractivity contribution in [3.8, 4) is 0 Å². The van der Waals surface area contributed by atoms with Crippen LogP contribution in [-0.2, 0) is 20.5 Å². The van der Waals surface area contributed by atoms with E-state index in [-0.39, 0.29) is 5.75 Å². The molecule has 2 heterocycles. The summed E-state index contributed by atoms with van der Waals surface area (Å²) in [5.41, 5.74) is 0.866. The zero-order chi connectivity index (χ0) is 20.0. The second-order valence-electron chi connectivity index (χ2n) is 8.64. The summed E-state index contributed by atoms with van der Waals surface area (Å²) in [5, 5.41) is 0. The van der Waals surface area contributed by atoms with Gasteiger partial charge in [0, 0.05) is 38.4 Å². The largest absolute Gasteiger partial charge is 0.381 e. The van der Waals surface area contributed by atoms with Gasteiger partial charge >= 0.3 is 0 Å².